The number of aliphatic hydroxyl groups excluding tert-OH is 2. The van der Waals surface area contributed by atoms with E-state index in [4.69, 9.17) is 0 Å². The largest absolute Gasteiger partial charge is 0.390 e. The fourth-order valence-electron chi connectivity index (χ4n) is 1.72. The Labute approximate surface area is 101 Å². The van der Waals surface area contributed by atoms with E-state index in [1.165, 1.54) is 0 Å². The zero-order valence-electron chi connectivity index (χ0n) is 8.60. The van der Waals surface area contributed by atoms with Crippen molar-refractivity contribution in [3.05, 3.63) is 30.1 Å². The van der Waals surface area contributed by atoms with Crippen LogP contribution in [-0.2, 0) is 0 Å². The van der Waals surface area contributed by atoms with Crippen LogP contribution in [0.15, 0.2) is 24.5 Å². The van der Waals surface area contributed by atoms with Gasteiger partial charge < -0.3 is 15.2 Å². The summed E-state index contributed by atoms with van der Waals surface area (Å²) in [5, 5.41) is 21.3. The van der Waals surface area contributed by atoms with Gasteiger partial charge >= 0.3 is 0 Å². The van der Waals surface area contributed by atoms with Crippen LogP contribution in [0.5, 0.6) is 0 Å². The molecule has 2 atom stereocenters. The van der Waals surface area contributed by atoms with Crippen LogP contribution in [0.2, 0.25) is 0 Å². The Bertz CT molecular complexity index is 472. The molecule has 0 aliphatic rings. The first kappa shape index (κ1) is 11.6. The molecule has 2 aromatic heterocycles. The number of fused-ring (bicyclic) bond motifs is 1. The number of hydrogen-bond donors (Lipinski definition) is 3. The van der Waals surface area contributed by atoms with Gasteiger partial charge in [0.05, 0.1) is 6.10 Å². The number of pyridine rings is 1. The Morgan fingerprint density at radius 3 is 2.94 bits per heavy atom. The second-order valence-corrected chi connectivity index (χ2v) is 4.42. The zero-order chi connectivity index (χ0) is 11.5. The molecular weight excluding hydrogens is 272 g/mol. The summed E-state index contributed by atoms with van der Waals surface area (Å²) in [4.78, 5) is 7.10. The smallest absolute Gasteiger partial charge is 0.137 e. The van der Waals surface area contributed by atoms with E-state index in [9.17, 15) is 10.2 Å². The lowest BCUT2D eigenvalue weighted by Crippen LogP contribution is -2.18. The molecule has 0 aliphatic heterocycles. The van der Waals surface area contributed by atoms with Crippen molar-refractivity contribution >= 4 is 27.0 Å². The molecule has 0 fully saturated rings. The van der Waals surface area contributed by atoms with Gasteiger partial charge in [-0.1, -0.05) is 15.9 Å². The summed E-state index contributed by atoms with van der Waals surface area (Å²) >= 11 is 3.24. The van der Waals surface area contributed by atoms with Crippen molar-refractivity contribution in [3.8, 4) is 0 Å². The predicted molar refractivity (Wildman–Crippen MR) is 65.5 cm³/mol. The molecule has 2 unspecified atom stereocenters. The summed E-state index contributed by atoms with van der Waals surface area (Å²) in [5.41, 5.74) is 1.43. The molecule has 2 aromatic rings. The second-order valence-electron chi connectivity index (χ2n) is 3.63. The minimum absolute atomic E-state index is 0.509. The van der Waals surface area contributed by atoms with E-state index in [1.807, 2.05) is 6.07 Å². The number of halogens is 1. The number of nitrogens with zero attached hydrogens (tertiary/aromatic N) is 1. The maximum absolute atomic E-state index is 10.0. The van der Waals surface area contributed by atoms with E-state index in [1.54, 1.807) is 18.5 Å². The summed E-state index contributed by atoms with van der Waals surface area (Å²) in [7, 11) is 0. The van der Waals surface area contributed by atoms with E-state index in [2.05, 4.69) is 25.9 Å². The van der Waals surface area contributed by atoms with Crippen LogP contribution in [0.4, 0.5) is 0 Å². The van der Waals surface area contributed by atoms with Crippen LogP contribution in [0.3, 0.4) is 0 Å². The molecule has 0 aliphatic carbocycles. The van der Waals surface area contributed by atoms with Gasteiger partial charge in [0.15, 0.2) is 0 Å². The highest BCUT2D eigenvalue weighted by Crippen LogP contribution is 2.25. The van der Waals surface area contributed by atoms with Crippen LogP contribution < -0.4 is 0 Å². The number of aliphatic hydroxyl groups is 2. The third-order valence-corrected chi connectivity index (χ3v) is 3.04. The summed E-state index contributed by atoms with van der Waals surface area (Å²) in [6.45, 7) is 0. The SMILES string of the molecule is OC(CCBr)C(O)c1ccnc2[nH]ccc12. The monoisotopic (exact) mass is 284 g/mol. The van der Waals surface area contributed by atoms with Crippen LogP contribution >= 0.6 is 15.9 Å². The van der Waals surface area contributed by atoms with Crippen molar-refractivity contribution in [2.75, 3.05) is 5.33 Å². The Hall–Kier alpha value is -0.910. The van der Waals surface area contributed by atoms with E-state index < -0.39 is 12.2 Å². The summed E-state index contributed by atoms with van der Waals surface area (Å²) in [6, 6.07) is 3.58. The average molecular weight is 285 g/mol. The summed E-state index contributed by atoms with van der Waals surface area (Å²) in [5.74, 6) is 0. The topological polar surface area (TPSA) is 69.1 Å². The maximum atomic E-state index is 10.0. The molecule has 16 heavy (non-hydrogen) atoms. The lowest BCUT2D eigenvalue weighted by molar-refractivity contribution is 0.0182. The lowest BCUT2D eigenvalue weighted by atomic mass is 10.0. The first-order valence-electron chi connectivity index (χ1n) is 5.08. The van der Waals surface area contributed by atoms with Crippen molar-refractivity contribution in [3.63, 3.8) is 0 Å². The summed E-state index contributed by atoms with van der Waals surface area (Å²) < 4.78 is 0. The van der Waals surface area contributed by atoms with Gasteiger partial charge in [0.2, 0.25) is 0 Å². The van der Waals surface area contributed by atoms with Gasteiger partial charge in [-0.15, -0.1) is 0 Å². The molecule has 0 radical (unpaired) electrons. The number of aromatic amines is 1. The van der Waals surface area contributed by atoms with Crippen LogP contribution in [-0.4, -0.2) is 31.6 Å². The Morgan fingerprint density at radius 1 is 1.38 bits per heavy atom. The van der Waals surface area contributed by atoms with E-state index in [0.29, 0.717) is 17.3 Å². The zero-order valence-corrected chi connectivity index (χ0v) is 10.2. The third kappa shape index (κ3) is 2.11. The first-order chi connectivity index (χ1) is 7.74. The molecule has 0 spiro atoms. The molecule has 4 nitrogen and oxygen atoms in total. The number of alkyl halides is 1. The van der Waals surface area contributed by atoms with E-state index >= 15 is 0 Å². The molecule has 0 amide bonds. The number of aromatic nitrogens is 2. The highest BCUT2D eigenvalue weighted by molar-refractivity contribution is 9.09. The summed E-state index contributed by atoms with van der Waals surface area (Å²) in [6.07, 6.45) is 2.26. The molecule has 3 N–H and O–H groups in total. The molecular formula is C11H13BrN2O2. The normalized spacial score (nSPS) is 15.2. The van der Waals surface area contributed by atoms with E-state index in [-0.39, 0.29) is 0 Å². The minimum Gasteiger partial charge on any atom is -0.390 e. The Balaban J connectivity index is 2.35. The average Bonchev–Trinajstić information content (AvgIpc) is 2.76. The fourth-order valence-corrected chi connectivity index (χ4v) is 2.19. The van der Waals surface area contributed by atoms with Gasteiger partial charge in [0, 0.05) is 23.1 Å². The standard InChI is InChI=1S/C11H13BrN2O2/c12-4-1-9(15)10(16)7-2-5-13-11-8(7)3-6-14-11/h2-3,5-6,9-10,15-16H,1,4H2,(H,13,14). The molecule has 0 bridgehead atoms. The number of rotatable bonds is 4. The molecule has 2 heterocycles. The van der Waals surface area contributed by atoms with Gasteiger partial charge in [-0.05, 0) is 24.1 Å². The molecule has 0 aromatic carbocycles. The number of hydrogen-bond acceptors (Lipinski definition) is 3. The highest BCUT2D eigenvalue weighted by Gasteiger charge is 2.20. The third-order valence-electron chi connectivity index (χ3n) is 2.58. The lowest BCUT2D eigenvalue weighted by Gasteiger charge is -2.17. The highest BCUT2D eigenvalue weighted by atomic mass is 79.9. The van der Waals surface area contributed by atoms with E-state index in [0.717, 1.165) is 11.0 Å². The van der Waals surface area contributed by atoms with Gasteiger partial charge in [-0.25, -0.2) is 4.98 Å². The van der Waals surface area contributed by atoms with Crippen molar-refractivity contribution in [2.24, 2.45) is 0 Å². The molecule has 2 rings (SSSR count). The van der Waals surface area contributed by atoms with Gasteiger partial charge in [0.25, 0.3) is 0 Å². The van der Waals surface area contributed by atoms with Gasteiger partial charge in [0.1, 0.15) is 11.8 Å². The quantitative estimate of drug-likeness (QED) is 0.749. The predicted octanol–water partition coefficient (Wildman–Crippen LogP) is 1.74. The van der Waals surface area contributed by atoms with Crippen molar-refractivity contribution in [1.29, 1.82) is 0 Å². The minimum atomic E-state index is -0.876. The van der Waals surface area contributed by atoms with Gasteiger partial charge in [-0.3, -0.25) is 0 Å². The van der Waals surface area contributed by atoms with Crippen LogP contribution in [0.25, 0.3) is 11.0 Å². The first-order valence-corrected chi connectivity index (χ1v) is 6.20. The van der Waals surface area contributed by atoms with Crippen molar-refractivity contribution in [1.82, 2.24) is 9.97 Å². The van der Waals surface area contributed by atoms with Gasteiger partial charge in [-0.2, -0.15) is 0 Å². The second kappa shape index (κ2) is 4.95. The molecule has 0 saturated carbocycles. The fraction of sp³-hybridized carbons (Fsp3) is 0.364. The maximum Gasteiger partial charge on any atom is 0.137 e. The molecule has 5 heteroatoms. The van der Waals surface area contributed by atoms with Crippen LogP contribution in [0.1, 0.15) is 18.1 Å². The number of H-pyrrole nitrogens is 1. The van der Waals surface area contributed by atoms with Crippen LogP contribution in [0, 0.1) is 0 Å². The Kier molecular flexibility index (Phi) is 3.58. The Morgan fingerprint density at radius 2 is 2.19 bits per heavy atom. The molecule has 86 valence electrons. The number of nitrogens with one attached hydrogen (secondary N) is 1. The van der Waals surface area contributed by atoms with Crippen molar-refractivity contribution < 1.29 is 10.2 Å². The molecule has 0 saturated heterocycles. The van der Waals surface area contributed by atoms with Crippen molar-refractivity contribution in [2.45, 2.75) is 18.6 Å².